The predicted octanol–water partition coefficient (Wildman–Crippen LogP) is 2.87. The maximum absolute atomic E-state index is 11.7. The minimum absolute atomic E-state index is 0.251. The van der Waals surface area contributed by atoms with Crippen molar-refractivity contribution >= 4 is 11.6 Å². The van der Waals surface area contributed by atoms with Gasteiger partial charge in [0, 0.05) is 24.7 Å². The molecule has 1 aromatic carbocycles. The van der Waals surface area contributed by atoms with Gasteiger partial charge in [0.2, 0.25) is 5.91 Å². The molecule has 3 heteroatoms. The van der Waals surface area contributed by atoms with E-state index in [1.165, 1.54) is 5.56 Å². The van der Waals surface area contributed by atoms with Gasteiger partial charge in [-0.05, 0) is 44.0 Å². The number of hydrogen-bond acceptors (Lipinski definition) is 2. The monoisotopic (exact) mass is 246 g/mol. The summed E-state index contributed by atoms with van der Waals surface area (Å²) in [4.78, 5) is 13.6. The van der Waals surface area contributed by atoms with Crippen LogP contribution in [0.2, 0.25) is 0 Å². The third kappa shape index (κ3) is 2.91. The zero-order valence-corrected chi connectivity index (χ0v) is 11.3. The first-order chi connectivity index (χ1) is 8.72. The summed E-state index contributed by atoms with van der Waals surface area (Å²) in [6.45, 7) is 6.21. The highest BCUT2D eigenvalue weighted by molar-refractivity contribution is 5.95. The third-order valence-corrected chi connectivity index (χ3v) is 3.46. The Morgan fingerprint density at radius 1 is 1.44 bits per heavy atom. The number of rotatable bonds is 5. The molecule has 1 aliphatic rings. The minimum Gasteiger partial charge on any atom is -0.312 e. The van der Waals surface area contributed by atoms with Gasteiger partial charge in [-0.25, -0.2) is 0 Å². The van der Waals surface area contributed by atoms with Crippen LogP contribution in [0.1, 0.15) is 44.7 Å². The fraction of sp³-hybridized carbons (Fsp3) is 0.533. The van der Waals surface area contributed by atoms with Crippen molar-refractivity contribution in [2.24, 2.45) is 0 Å². The lowest BCUT2D eigenvalue weighted by Crippen LogP contribution is -2.24. The molecule has 1 saturated heterocycles. The van der Waals surface area contributed by atoms with Crippen LogP contribution in [0.4, 0.5) is 5.69 Å². The molecular formula is C15H22N2O. The van der Waals surface area contributed by atoms with Crippen LogP contribution in [-0.2, 0) is 4.79 Å². The molecule has 0 saturated carbocycles. The maximum Gasteiger partial charge on any atom is 0.227 e. The second-order valence-electron chi connectivity index (χ2n) is 4.92. The van der Waals surface area contributed by atoms with Crippen LogP contribution in [0.25, 0.3) is 0 Å². The zero-order valence-electron chi connectivity index (χ0n) is 11.3. The molecule has 0 spiro atoms. The van der Waals surface area contributed by atoms with Crippen LogP contribution in [0, 0.1) is 0 Å². The van der Waals surface area contributed by atoms with E-state index in [9.17, 15) is 4.79 Å². The first-order valence-corrected chi connectivity index (χ1v) is 6.86. The minimum atomic E-state index is 0.251. The number of anilines is 1. The topological polar surface area (TPSA) is 32.3 Å². The van der Waals surface area contributed by atoms with E-state index in [0.717, 1.165) is 31.6 Å². The fourth-order valence-corrected chi connectivity index (χ4v) is 2.36. The molecule has 1 aromatic rings. The first kappa shape index (κ1) is 13.1. The number of nitrogens with zero attached hydrogens (tertiary/aromatic N) is 1. The molecule has 0 aliphatic carbocycles. The van der Waals surface area contributed by atoms with E-state index in [2.05, 4.69) is 31.3 Å². The lowest BCUT2D eigenvalue weighted by atomic mass is 10.1. The van der Waals surface area contributed by atoms with Crippen LogP contribution in [0.15, 0.2) is 24.3 Å². The van der Waals surface area contributed by atoms with Crippen LogP contribution < -0.4 is 10.2 Å². The molecule has 1 amide bonds. The van der Waals surface area contributed by atoms with Crippen molar-refractivity contribution < 1.29 is 4.79 Å². The molecule has 2 rings (SSSR count). The molecule has 0 bridgehead atoms. The summed E-state index contributed by atoms with van der Waals surface area (Å²) >= 11 is 0. The van der Waals surface area contributed by atoms with Gasteiger partial charge in [-0.15, -0.1) is 0 Å². The Morgan fingerprint density at radius 3 is 2.94 bits per heavy atom. The van der Waals surface area contributed by atoms with Crippen molar-refractivity contribution in [1.29, 1.82) is 0 Å². The Kier molecular flexibility index (Phi) is 4.37. The maximum atomic E-state index is 11.7. The van der Waals surface area contributed by atoms with Crippen molar-refractivity contribution in [3.8, 4) is 0 Å². The first-order valence-electron chi connectivity index (χ1n) is 6.86. The number of carbonyl (C=O) groups is 1. The molecule has 18 heavy (non-hydrogen) atoms. The summed E-state index contributed by atoms with van der Waals surface area (Å²) in [6, 6.07) is 8.66. The molecule has 1 aliphatic heterocycles. The van der Waals surface area contributed by atoms with Crippen LogP contribution in [0.3, 0.4) is 0 Å². The van der Waals surface area contributed by atoms with Crippen molar-refractivity contribution in [2.45, 2.75) is 39.2 Å². The molecule has 1 atom stereocenters. The third-order valence-electron chi connectivity index (χ3n) is 3.46. The highest BCUT2D eigenvalue weighted by atomic mass is 16.2. The Morgan fingerprint density at radius 2 is 2.28 bits per heavy atom. The number of carbonyl (C=O) groups excluding carboxylic acids is 1. The quantitative estimate of drug-likeness (QED) is 0.866. The zero-order chi connectivity index (χ0) is 13.0. The standard InChI is InChI=1S/C15H22N2O/c1-3-9-16-12(2)13-6-4-7-14(11-13)17-10-5-8-15(17)18/h4,6-7,11-12,16H,3,5,8-10H2,1-2H3. The number of benzene rings is 1. The summed E-state index contributed by atoms with van der Waals surface area (Å²) in [7, 11) is 0. The average molecular weight is 246 g/mol. The Hall–Kier alpha value is -1.35. The van der Waals surface area contributed by atoms with Gasteiger partial charge in [-0.2, -0.15) is 0 Å². The molecule has 1 heterocycles. The van der Waals surface area contributed by atoms with Crippen LogP contribution in [0.5, 0.6) is 0 Å². The summed E-state index contributed by atoms with van der Waals surface area (Å²) in [5, 5.41) is 3.47. The van der Waals surface area contributed by atoms with E-state index < -0.39 is 0 Å². The molecule has 1 unspecified atom stereocenters. The predicted molar refractivity (Wildman–Crippen MR) is 74.7 cm³/mol. The normalized spacial score (nSPS) is 17.2. The summed E-state index contributed by atoms with van der Waals surface area (Å²) in [6.07, 6.45) is 2.80. The van der Waals surface area contributed by atoms with Crippen LogP contribution >= 0.6 is 0 Å². The molecule has 0 aromatic heterocycles. The summed E-state index contributed by atoms with van der Waals surface area (Å²) in [5.41, 5.74) is 2.29. The van der Waals surface area contributed by atoms with Crippen molar-refractivity contribution in [2.75, 3.05) is 18.0 Å². The van der Waals surface area contributed by atoms with Gasteiger partial charge < -0.3 is 10.2 Å². The van der Waals surface area contributed by atoms with E-state index in [0.29, 0.717) is 12.5 Å². The second kappa shape index (κ2) is 6.01. The molecule has 1 fully saturated rings. The molecule has 3 nitrogen and oxygen atoms in total. The Labute approximate surface area is 109 Å². The molecule has 0 radical (unpaired) electrons. The van der Waals surface area contributed by atoms with Gasteiger partial charge in [0.1, 0.15) is 0 Å². The van der Waals surface area contributed by atoms with Gasteiger partial charge in [-0.1, -0.05) is 19.1 Å². The Bertz CT molecular complexity index is 417. The van der Waals surface area contributed by atoms with Gasteiger partial charge in [0.25, 0.3) is 0 Å². The lowest BCUT2D eigenvalue weighted by molar-refractivity contribution is -0.117. The van der Waals surface area contributed by atoms with E-state index in [4.69, 9.17) is 0 Å². The SMILES string of the molecule is CCCNC(C)c1cccc(N2CCCC2=O)c1. The summed E-state index contributed by atoms with van der Waals surface area (Å²) in [5.74, 6) is 0.251. The highest BCUT2D eigenvalue weighted by Crippen LogP contribution is 2.24. The number of amides is 1. The number of nitrogens with one attached hydrogen (secondary N) is 1. The van der Waals surface area contributed by atoms with E-state index >= 15 is 0 Å². The van der Waals surface area contributed by atoms with Crippen molar-refractivity contribution in [1.82, 2.24) is 5.32 Å². The smallest absolute Gasteiger partial charge is 0.227 e. The lowest BCUT2D eigenvalue weighted by Gasteiger charge is -2.19. The van der Waals surface area contributed by atoms with Gasteiger partial charge in [0.15, 0.2) is 0 Å². The summed E-state index contributed by atoms with van der Waals surface area (Å²) < 4.78 is 0. The Balaban J connectivity index is 2.11. The number of hydrogen-bond donors (Lipinski definition) is 1. The van der Waals surface area contributed by atoms with E-state index in [-0.39, 0.29) is 5.91 Å². The van der Waals surface area contributed by atoms with E-state index in [1.54, 1.807) is 0 Å². The average Bonchev–Trinajstić information content (AvgIpc) is 2.82. The fourth-order valence-electron chi connectivity index (χ4n) is 2.36. The van der Waals surface area contributed by atoms with Crippen molar-refractivity contribution in [3.05, 3.63) is 29.8 Å². The largest absolute Gasteiger partial charge is 0.312 e. The highest BCUT2D eigenvalue weighted by Gasteiger charge is 2.21. The van der Waals surface area contributed by atoms with Gasteiger partial charge in [0.05, 0.1) is 0 Å². The van der Waals surface area contributed by atoms with Gasteiger partial charge in [-0.3, -0.25) is 4.79 Å². The molecule has 98 valence electrons. The second-order valence-corrected chi connectivity index (χ2v) is 4.92. The van der Waals surface area contributed by atoms with Crippen molar-refractivity contribution in [3.63, 3.8) is 0 Å². The van der Waals surface area contributed by atoms with E-state index in [1.807, 2.05) is 17.0 Å². The molecular weight excluding hydrogens is 224 g/mol. The molecule has 1 N–H and O–H groups in total. The van der Waals surface area contributed by atoms with Crippen LogP contribution in [-0.4, -0.2) is 19.0 Å². The van der Waals surface area contributed by atoms with Gasteiger partial charge >= 0.3 is 0 Å².